The first-order valence-electron chi connectivity index (χ1n) is 8.29. The van der Waals surface area contributed by atoms with Crippen LogP contribution in [0.1, 0.15) is 26.4 Å². The maximum atomic E-state index is 13.0. The van der Waals surface area contributed by atoms with Crippen LogP contribution in [0.15, 0.2) is 65.5 Å². The highest BCUT2D eigenvalue weighted by atomic mass is 19.1. The van der Waals surface area contributed by atoms with Crippen LogP contribution in [0.2, 0.25) is 0 Å². The van der Waals surface area contributed by atoms with E-state index >= 15 is 0 Å². The Hall–Kier alpha value is -3.81. The maximum Gasteiger partial charge on any atom is 0.339 e. The summed E-state index contributed by atoms with van der Waals surface area (Å²) in [7, 11) is 1.24. The number of nitrogens with zero attached hydrogens (tertiary/aromatic N) is 2. The molecule has 0 aliphatic rings. The monoisotopic (exact) mass is 381 g/mol. The molecule has 3 aromatic rings. The third-order valence-electron chi connectivity index (χ3n) is 3.93. The van der Waals surface area contributed by atoms with E-state index in [9.17, 15) is 18.8 Å². The summed E-state index contributed by atoms with van der Waals surface area (Å²) in [6.45, 7) is 0.0823. The number of ether oxygens (including phenoxy) is 1. The molecular formula is C20H16FN3O4. The van der Waals surface area contributed by atoms with Gasteiger partial charge in [0.05, 0.1) is 24.9 Å². The minimum absolute atomic E-state index is 0.0126. The van der Waals surface area contributed by atoms with Gasteiger partial charge in [-0.2, -0.15) is 5.10 Å². The number of esters is 1. The zero-order chi connectivity index (χ0) is 20.1. The van der Waals surface area contributed by atoms with Gasteiger partial charge in [-0.1, -0.05) is 24.3 Å². The Morgan fingerprint density at radius 1 is 1.07 bits per heavy atom. The molecule has 0 saturated heterocycles. The summed E-state index contributed by atoms with van der Waals surface area (Å²) in [4.78, 5) is 36.4. The average molecular weight is 381 g/mol. The van der Waals surface area contributed by atoms with E-state index in [0.717, 1.165) is 4.68 Å². The van der Waals surface area contributed by atoms with Gasteiger partial charge >= 0.3 is 5.97 Å². The second kappa shape index (κ2) is 8.26. The number of halogens is 1. The topological polar surface area (TPSA) is 90.3 Å². The van der Waals surface area contributed by atoms with Crippen molar-refractivity contribution in [3.05, 3.63) is 93.7 Å². The molecule has 0 fully saturated rings. The molecular weight excluding hydrogens is 365 g/mol. The van der Waals surface area contributed by atoms with Crippen LogP contribution < -0.4 is 10.9 Å². The molecule has 1 aromatic heterocycles. The first kappa shape index (κ1) is 19.0. The van der Waals surface area contributed by atoms with Crippen molar-refractivity contribution in [1.82, 2.24) is 9.78 Å². The lowest BCUT2D eigenvalue weighted by atomic mass is 10.1. The van der Waals surface area contributed by atoms with E-state index in [-0.39, 0.29) is 29.3 Å². The van der Waals surface area contributed by atoms with Gasteiger partial charge in [-0.3, -0.25) is 9.59 Å². The lowest BCUT2D eigenvalue weighted by Gasteiger charge is -2.10. The number of nitrogens with one attached hydrogen (secondary N) is 1. The van der Waals surface area contributed by atoms with Gasteiger partial charge in [0.1, 0.15) is 11.5 Å². The molecule has 0 saturated carbocycles. The summed E-state index contributed by atoms with van der Waals surface area (Å²) in [6.07, 6.45) is 0. The number of hydrogen-bond donors (Lipinski definition) is 1. The van der Waals surface area contributed by atoms with Crippen LogP contribution in [-0.4, -0.2) is 28.8 Å². The van der Waals surface area contributed by atoms with Gasteiger partial charge < -0.3 is 10.1 Å². The summed E-state index contributed by atoms with van der Waals surface area (Å²) in [5.41, 5.74) is 0.692. The Balaban J connectivity index is 1.84. The number of aromatic nitrogens is 2. The fourth-order valence-corrected chi connectivity index (χ4v) is 2.51. The van der Waals surface area contributed by atoms with Crippen LogP contribution in [0.5, 0.6) is 0 Å². The zero-order valence-electron chi connectivity index (χ0n) is 14.9. The third kappa shape index (κ3) is 4.29. The Labute approximate surface area is 159 Å². The van der Waals surface area contributed by atoms with E-state index in [2.05, 4.69) is 10.4 Å². The van der Waals surface area contributed by atoms with Crippen LogP contribution >= 0.6 is 0 Å². The molecule has 1 amide bonds. The number of carbonyl (C=O) groups is 2. The van der Waals surface area contributed by atoms with Crippen molar-refractivity contribution in [1.29, 1.82) is 0 Å². The smallest absolute Gasteiger partial charge is 0.339 e. The third-order valence-corrected chi connectivity index (χ3v) is 3.93. The summed E-state index contributed by atoms with van der Waals surface area (Å²) in [6, 6.07) is 14.5. The maximum absolute atomic E-state index is 13.0. The number of hydrogen-bond acceptors (Lipinski definition) is 5. The molecule has 0 aliphatic heterocycles. The minimum Gasteiger partial charge on any atom is -0.465 e. The number of benzene rings is 2. The minimum atomic E-state index is -0.593. The van der Waals surface area contributed by atoms with Crippen molar-refractivity contribution >= 4 is 17.6 Å². The SMILES string of the molecule is COC(=O)c1ccccc1NC(=O)c1ccc(=O)n(Cc2ccc(F)cc2)n1. The van der Waals surface area contributed by atoms with E-state index in [1.807, 2.05) is 0 Å². The van der Waals surface area contributed by atoms with Crippen LogP contribution in [0.3, 0.4) is 0 Å². The molecule has 2 aromatic carbocycles. The summed E-state index contributed by atoms with van der Waals surface area (Å²) in [5.74, 6) is -1.57. The normalized spacial score (nSPS) is 10.4. The van der Waals surface area contributed by atoms with Crippen LogP contribution in [-0.2, 0) is 11.3 Å². The highest BCUT2D eigenvalue weighted by molar-refractivity contribution is 6.06. The molecule has 142 valence electrons. The van der Waals surface area contributed by atoms with Gasteiger partial charge in [-0.25, -0.2) is 13.9 Å². The van der Waals surface area contributed by atoms with E-state index in [4.69, 9.17) is 4.74 Å². The number of amides is 1. The van der Waals surface area contributed by atoms with Gasteiger partial charge in [-0.05, 0) is 35.9 Å². The van der Waals surface area contributed by atoms with Crippen molar-refractivity contribution in [2.45, 2.75) is 6.54 Å². The van der Waals surface area contributed by atoms with Crippen molar-refractivity contribution in [3.63, 3.8) is 0 Å². The first-order valence-corrected chi connectivity index (χ1v) is 8.29. The average Bonchev–Trinajstić information content (AvgIpc) is 2.71. The molecule has 7 nitrogen and oxygen atoms in total. The lowest BCUT2D eigenvalue weighted by molar-refractivity contribution is 0.0602. The van der Waals surface area contributed by atoms with Gasteiger partial charge in [-0.15, -0.1) is 0 Å². The molecule has 0 unspecified atom stereocenters. The number of anilines is 1. The standard InChI is InChI=1S/C20H16FN3O4/c1-28-20(27)15-4-2-3-5-16(15)22-19(26)17-10-11-18(25)24(23-17)12-13-6-8-14(21)9-7-13/h2-11H,12H2,1H3,(H,22,26). The summed E-state index contributed by atoms with van der Waals surface area (Å²) in [5, 5.41) is 6.66. The fraction of sp³-hybridized carbons (Fsp3) is 0.100. The number of methoxy groups -OCH3 is 1. The Morgan fingerprint density at radius 3 is 2.50 bits per heavy atom. The Morgan fingerprint density at radius 2 is 1.79 bits per heavy atom. The van der Waals surface area contributed by atoms with Gasteiger partial charge in [0.15, 0.2) is 0 Å². The highest BCUT2D eigenvalue weighted by Gasteiger charge is 2.16. The summed E-state index contributed by atoms with van der Waals surface area (Å²) < 4.78 is 18.8. The van der Waals surface area contributed by atoms with Crippen molar-refractivity contribution in [2.75, 3.05) is 12.4 Å². The molecule has 3 rings (SSSR count). The predicted molar refractivity (Wildman–Crippen MR) is 99.7 cm³/mol. The zero-order valence-corrected chi connectivity index (χ0v) is 14.9. The largest absolute Gasteiger partial charge is 0.465 e. The quantitative estimate of drug-likeness (QED) is 0.686. The van der Waals surface area contributed by atoms with E-state index in [1.54, 1.807) is 18.2 Å². The van der Waals surface area contributed by atoms with Gasteiger partial charge in [0.25, 0.3) is 11.5 Å². The van der Waals surface area contributed by atoms with E-state index in [0.29, 0.717) is 5.56 Å². The van der Waals surface area contributed by atoms with Crippen molar-refractivity contribution < 1.29 is 18.7 Å². The number of para-hydroxylation sites is 1. The number of carbonyl (C=O) groups excluding carboxylic acids is 2. The van der Waals surface area contributed by atoms with Crippen LogP contribution in [0.25, 0.3) is 0 Å². The van der Waals surface area contributed by atoms with Crippen molar-refractivity contribution in [2.24, 2.45) is 0 Å². The van der Waals surface area contributed by atoms with E-state index in [1.165, 1.54) is 49.6 Å². The predicted octanol–water partition coefficient (Wildman–Crippen LogP) is 2.47. The first-order chi connectivity index (χ1) is 13.5. The Kier molecular flexibility index (Phi) is 5.59. The van der Waals surface area contributed by atoms with E-state index < -0.39 is 17.4 Å². The Bertz CT molecular complexity index is 1080. The van der Waals surface area contributed by atoms with Gasteiger partial charge in [0.2, 0.25) is 0 Å². The molecule has 0 radical (unpaired) electrons. The fourth-order valence-electron chi connectivity index (χ4n) is 2.51. The molecule has 0 aliphatic carbocycles. The van der Waals surface area contributed by atoms with Crippen molar-refractivity contribution in [3.8, 4) is 0 Å². The molecule has 28 heavy (non-hydrogen) atoms. The molecule has 1 N–H and O–H groups in total. The van der Waals surface area contributed by atoms with Gasteiger partial charge in [0, 0.05) is 6.07 Å². The number of rotatable bonds is 5. The molecule has 0 atom stereocenters. The second-order valence-corrected chi connectivity index (χ2v) is 5.83. The molecule has 8 heteroatoms. The molecule has 0 bridgehead atoms. The van der Waals surface area contributed by atoms with Crippen LogP contribution in [0, 0.1) is 5.82 Å². The lowest BCUT2D eigenvalue weighted by Crippen LogP contribution is -2.26. The highest BCUT2D eigenvalue weighted by Crippen LogP contribution is 2.16. The van der Waals surface area contributed by atoms with Crippen LogP contribution in [0.4, 0.5) is 10.1 Å². The summed E-state index contributed by atoms with van der Waals surface area (Å²) >= 11 is 0. The molecule has 1 heterocycles. The second-order valence-electron chi connectivity index (χ2n) is 5.83. The molecule has 0 spiro atoms.